The highest BCUT2D eigenvalue weighted by molar-refractivity contribution is 5.84. The van der Waals surface area contributed by atoms with Gasteiger partial charge < -0.3 is 15.7 Å². The number of rotatable bonds is 7. The van der Waals surface area contributed by atoms with E-state index in [1.807, 2.05) is 71.7 Å². The molecule has 0 atom stereocenters. The second kappa shape index (κ2) is 9.13. The van der Waals surface area contributed by atoms with Gasteiger partial charge in [0.25, 0.3) is 0 Å². The molecule has 1 heterocycles. The maximum absolute atomic E-state index is 12.1. The molecule has 0 radical (unpaired) electrons. The number of phenolic OH excluding ortho intramolecular Hbond substituents is 1. The first-order valence-electron chi connectivity index (χ1n) is 10.00. The molecule has 0 saturated heterocycles. The van der Waals surface area contributed by atoms with Gasteiger partial charge in [0.15, 0.2) is 0 Å². The SMILES string of the molecule is O=C(NCCCc1cnn(-c2ccccc2)c1)NCc1ccc2cc(O)ccc2c1. The maximum atomic E-state index is 12.1. The van der Waals surface area contributed by atoms with Crippen LogP contribution in [0.4, 0.5) is 4.79 Å². The fourth-order valence-corrected chi connectivity index (χ4v) is 3.34. The highest BCUT2D eigenvalue weighted by atomic mass is 16.3. The van der Waals surface area contributed by atoms with Crippen LogP contribution < -0.4 is 10.6 Å². The van der Waals surface area contributed by atoms with Crippen molar-refractivity contribution in [2.24, 2.45) is 0 Å². The summed E-state index contributed by atoms with van der Waals surface area (Å²) in [6, 6.07) is 21.0. The molecule has 0 spiro atoms. The van der Waals surface area contributed by atoms with Crippen molar-refractivity contribution in [3.8, 4) is 11.4 Å². The van der Waals surface area contributed by atoms with Gasteiger partial charge >= 0.3 is 6.03 Å². The lowest BCUT2D eigenvalue weighted by atomic mass is 10.1. The van der Waals surface area contributed by atoms with Gasteiger partial charge in [0.1, 0.15) is 5.75 Å². The number of amides is 2. The van der Waals surface area contributed by atoms with E-state index in [9.17, 15) is 9.90 Å². The van der Waals surface area contributed by atoms with Gasteiger partial charge in [-0.15, -0.1) is 0 Å². The normalized spacial score (nSPS) is 10.8. The molecule has 0 aliphatic carbocycles. The van der Waals surface area contributed by atoms with E-state index in [-0.39, 0.29) is 11.8 Å². The standard InChI is InChI=1S/C24H24N4O2/c29-23-11-10-20-13-18(8-9-21(20)14-23)15-26-24(30)25-12-4-5-19-16-27-28(17-19)22-6-2-1-3-7-22/h1-3,6-11,13-14,16-17,29H,4-5,12,15H2,(H2,25,26,30). The predicted octanol–water partition coefficient (Wildman–Crippen LogP) is 4.16. The van der Waals surface area contributed by atoms with Crippen LogP contribution in [0.3, 0.4) is 0 Å². The molecule has 2 amide bonds. The van der Waals surface area contributed by atoms with Crippen LogP contribution in [-0.4, -0.2) is 27.5 Å². The van der Waals surface area contributed by atoms with E-state index in [1.54, 1.807) is 12.1 Å². The summed E-state index contributed by atoms with van der Waals surface area (Å²) < 4.78 is 1.86. The largest absolute Gasteiger partial charge is 0.508 e. The first-order valence-corrected chi connectivity index (χ1v) is 10.00. The molecule has 152 valence electrons. The van der Waals surface area contributed by atoms with Crippen LogP contribution in [0, 0.1) is 0 Å². The van der Waals surface area contributed by atoms with Crippen molar-refractivity contribution in [2.75, 3.05) is 6.54 Å². The fourth-order valence-electron chi connectivity index (χ4n) is 3.34. The minimum Gasteiger partial charge on any atom is -0.508 e. The van der Waals surface area contributed by atoms with Crippen molar-refractivity contribution < 1.29 is 9.90 Å². The Kier molecular flexibility index (Phi) is 5.94. The number of aryl methyl sites for hydroxylation is 1. The number of aromatic hydroxyl groups is 1. The quantitative estimate of drug-likeness (QED) is 0.408. The van der Waals surface area contributed by atoms with Crippen molar-refractivity contribution >= 4 is 16.8 Å². The monoisotopic (exact) mass is 400 g/mol. The Hall–Kier alpha value is -3.80. The molecular formula is C24H24N4O2. The summed E-state index contributed by atoms with van der Waals surface area (Å²) in [7, 11) is 0. The molecule has 1 aromatic heterocycles. The number of carbonyl (C=O) groups excluding carboxylic acids is 1. The third kappa shape index (κ3) is 4.97. The van der Waals surface area contributed by atoms with E-state index in [1.165, 1.54) is 0 Å². The number of hydrogen-bond donors (Lipinski definition) is 3. The number of nitrogens with zero attached hydrogens (tertiary/aromatic N) is 2. The molecule has 6 heteroatoms. The number of aromatic nitrogens is 2. The summed E-state index contributed by atoms with van der Waals surface area (Å²) >= 11 is 0. The minimum atomic E-state index is -0.180. The van der Waals surface area contributed by atoms with Crippen LogP contribution in [-0.2, 0) is 13.0 Å². The van der Waals surface area contributed by atoms with E-state index >= 15 is 0 Å². The Morgan fingerprint density at radius 3 is 2.60 bits per heavy atom. The lowest BCUT2D eigenvalue weighted by molar-refractivity contribution is 0.240. The summed E-state index contributed by atoms with van der Waals surface area (Å²) in [5.74, 6) is 0.250. The van der Waals surface area contributed by atoms with E-state index in [0.717, 1.165) is 40.4 Å². The second-order valence-electron chi connectivity index (χ2n) is 7.21. The van der Waals surface area contributed by atoms with Crippen LogP contribution in [0.25, 0.3) is 16.5 Å². The predicted molar refractivity (Wildman–Crippen MR) is 118 cm³/mol. The van der Waals surface area contributed by atoms with Gasteiger partial charge in [-0.1, -0.05) is 36.4 Å². The number of urea groups is 1. The smallest absolute Gasteiger partial charge is 0.315 e. The van der Waals surface area contributed by atoms with Crippen LogP contribution in [0.5, 0.6) is 5.75 Å². The molecule has 0 bridgehead atoms. The summed E-state index contributed by atoms with van der Waals surface area (Å²) in [5, 5.41) is 21.7. The van der Waals surface area contributed by atoms with Gasteiger partial charge in [-0.2, -0.15) is 5.10 Å². The van der Waals surface area contributed by atoms with Gasteiger partial charge in [-0.25, -0.2) is 9.48 Å². The Morgan fingerprint density at radius 2 is 1.73 bits per heavy atom. The minimum absolute atomic E-state index is 0.180. The first-order chi connectivity index (χ1) is 14.7. The molecule has 4 rings (SSSR count). The summed E-state index contributed by atoms with van der Waals surface area (Å²) in [5.41, 5.74) is 3.19. The van der Waals surface area contributed by atoms with Gasteiger partial charge in [0, 0.05) is 19.3 Å². The summed E-state index contributed by atoms with van der Waals surface area (Å²) in [6.45, 7) is 1.05. The lowest BCUT2D eigenvalue weighted by Crippen LogP contribution is -2.35. The van der Waals surface area contributed by atoms with Gasteiger partial charge in [-0.3, -0.25) is 0 Å². The number of fused-ring (bicyclic) bond motifs is 1. The first kappa shape index (κ1) is 19.5. The maximum Gasteiger partial charge on any atom is 0.315 e. The molecule has 3 N–H and O–H groups in total. The Labute approximate surface area is 175 Å². The van der Waals surface area contributed by atoms with Crippen molar-refractivity contribution in [1.82, 2.24) is 20.4 Å². The zero-order valence-corrected chi connectivity index (χ0v) is 16.6. The molecule has 0 unspecified atom stereocenters. The molecule has 30 heavy (non-hydrogen) atoms. The van der Waals surface area contributed by atoms with Crippen LogP contribution >= 0.6 is 0 Å². The second-order valence-corrected chi connectivity index (χ2v) is 7.21. The molecule has 4 aromatic rings. The zero-order valence-electron chi connectivity index (χ0n) is 16.6. The molecule has 3 aromatic carbocycles. The molecular weight excluding hydrogens is 376 g/mol. The molecule has 6 nitrogen and oxygen atoms in total. The van der Waals surface area contributed by atoms with Crippen molar-refractivity contribution in [3.63, 3.8) is 0 Å². The Morgan fingerprint density at radius 1 is 0.933 bits per heavy atom. The van der Waals surface area contributed by atoms with Crippen molar-refractivity contribution in [2.45, 2.75) is 19.4 Å². The van der Waals surface area contributed by atoms with E-state index < -0.39 is 0 Å². The molecule has 0 aliphatic rings. The average Bonchev–Trinajstić information content (AvgIpc) is 3.25. The van der Waals surface area contributed by atoms with Crippen molar-refractivity contribution in [3.05, 3.63) is 90.3 Å². The number of nitrogens with one attached hydrogen (secondary N) is 2. The number of carbonyl (C=O) groups is 1. The van der Waals surface area contributed by atoms with E-state index in [0.29, 0.717) is 13.1 Å². The van der Waals surface area contributed by atoms with Gasteiger partial charge in [0.2, 0.25) is 0 Å². The number of phenols is 1. The van der Waals surface area contributed by atoms with Gasteiger partial charge in [0.05, 0.1) is 11.9 Å². The highest BCUT2D eigenvalue weighted by Gasteiger charge is 2.04. The fraction of sp³-hybridized carbons (Fsp3) is 0.167. The van der Waals surface area contributed by atoms with Crippen LogP contribution in [0.15, 0.2) is 79.1 Å². The van der Waals surface area contributed by atoms with Crippen molar-refractivity contribution in [1.29, 1.82) is 0 Å². The third-order valence-corrected chi connectivity index (χ3v) is 4.93. The van der Waals surface area contributed by atoms with Crippen LogP contribution in [0.2, 0.25) is 0 Å². The summed E-state index contributed by atoms with van der Waals surface area (Å²) in [4.78, 5) is 12.1. The highest BCUT2D eigenvalue weighted by Crippen LogP contribution is 2.21. The molecule has 0 saturated carbocycles. The Balaban J connectivity index is 1.19. The number of hydrogen-bond acceptors (Lipinski definition) is 3. The topological polar surface area (TPSA) is 79.2 Å². The molecule has 0 aliphatic heterocycles. The summed E-state index contributed by atoms with van der Waals surface area (Å²) in [6.07, 6.45) is 5.58. The van der Waals surface area contributed by atoms with Gasteiger partial charge in [-0.05, 0) is 65.1 Å². The molecule has 0 fully saturated rings. The average molecular weight is 400 g/mol. The zero-order chi connectivity index (χ0) is 20.8. The Bertz CT molecular complexity index is 1140. The number of benzene rings is 3. The lowest BCUT2D eigenvalue weighted by Gasteiger charge is -2.08. The number of para-hydroxylation sites is 1. The third-order valence-electron chi connectivity index (χ3n) is 4.93. The van der Waals surface area contributed by atoms with E-state index in [2.05, 4.69) is 15.7 Å². The van der Waals surface area contributed by atoms with E-state index in [4.69, 9.17) is 0 Å². The van der Waals surface area contributed by atoms with Crippen LogP contribution in [0.1, 0.15) is 17.5 Å².